The van der Waals surface area contributed by atoms with Crippen LogP contribution in [0.4, 0.5) is 4.39 Å². The Balaban J connectivity index is 2.82. The second kappa shape index (κ2) is 8.12. The Morgan fingerprint density at radius 2 is 2.11 bits per heavy atom. The fourth-order valence-corrected chi connectivity index (χ4v) is 1.68. The van der Waals surface area contributed by atoms with Crippen molar-refractivity contribution in [3.63, 3.8) is 0 Å². The molecule has 0 aliphatic carbocycles. The van der Waals surface area contributed by atoms with Crippen LogP contribution >= 0.6 is 15.9 Å². The second-order valence-electron chi connectivity index (χ2n) is 3.63. The molecule has 0 radical (unpaired) electrons. The molecule has 0 unspecified atom stereocenters. The number of rotatable bonds is 5. The Bertz CT molecular complexity index is 449. The van der Waals surface area contributed by atoms with Crippen molar-refractivity contribution >= 4 is 15.9 Å². The van der Waals surface area contributed by atoms with Crippen molar-refractivity contribution in [3.05, 3.63) is 28.0 Å². The Labute approximate surface area is 116 Å². The molecule has 0 fully saturated rings. The Morgan fingerprint density at radius 1 is 1.33 bits per heavy atom. The number of ether oxygens (including phenoxy) is 2. The first-order chi connectivity index (χ1) is 8.70. The Hall–Kier alpha value is -1.05. The molecule has 0 amide bonds. The van der Waals surface area contributed by atoms with Gasteiger partial charge >= 0.3 is 0 Å². The summed E-state index contributed by atoms with van der Waals surface area (Å²) in [4.78, 5) is 0. The number of hydrogen-bond acceptors (Lipinski definition) is 2. The minimum absolute atomic E-state index is 0.208. The Kier molecular flexibility index (Phi) is 6.77. The Morgan fingerprint density at radius 3 is 2.78 bits per heavy atom. The number of methoxy groups -OCH3 is 1. The van der Waals surface area contributed by atoms with Crippen LogP contribution in [-0.2, 0) is 4.74 Å². The van der Waals surface area contributed by atoms with Crippen LogP contribution in [0.15, 0.2) is 16.6 Å². The van der Waals surface area contributed by atoms with Crippen LogP contribution in [0.5, 0.6) is 5.75 Å². The lowest BCUT2D eigenvalue weighted by atomic mass is 10.2. The van der Waals surface area contributed by atoms with E-state index in [1.165, 1.54) is 0 Å². The van der Waals surface area contributed by atoms with E-state index in [1.807, 2.05) is 0 Å². The zero-order chi connectivity index (χ0) is 13.4. The zero-order valence-corrected chi connectivity index (χ0v) is 12.1. The summed E-state index contributed by atoms with van der Waals surface area (Å²) in [5.41, 5.74) is 0.639. The molecule has 0 atom stereocenters. The summed E-state index contributed by atoms with van der Waals surface area (Å²) in [6.07, 6.45) is 1.80. The smallest absolute Gasteiger partial charge is 0.180 e. The van der Waals surface area contributed by atoms with Gasteiger partial charge in [-0.05, 0) is 34.5 Å². The molecule has 0 bridgehead atoms. The van der Waals surface area contributed by atoms with E-state index in [1.54, 1.807) is 19.2 Å². The highest BCUT2D eigenvalue weighted by molar-refractivity contribution is 9.10. The maximum Gasteiger partial charge on any atom is 0.180 e. The van der Waals surface area contributed by atoms with Crippen molar-refractivity contribution in [2.24, 2.45) is 0 Å². The summed E-state index contributed by atoms with van der Waals surface area (Å²) in [5.74, 6) is 5.70. The third-order valence-electron chi connectivity index (χ3n) is 2.19. The third kappa shape index (κ3) is 4.32. The lowest BCUT2D eigenvalue weighted by Gasteiger charge is -2.08. The molecule has 0 aromatic heterocycles. The molecule has 0 spiro atoms. The van der Waals surface area contributed by atoms with Gasteiger partial charge in [0.2, 0.25) is 0 Å². The van der Waals surface area contributed by atoms with Gasteiger partial charge in [0.25, 0.3) is 0 Å². The van der Waals surface area contributed by atoms with E-state index in [2.05, 4.69) is 34.7 Å². The highest BCUT2D eigenvalue weighted by atomic mass is 79.9. The van der Waals surface area contributed by atoms with Crippen molar-refractivity contribution in [1.82, 2.24) is 0 Å². The standard InChI is InChI=1S/C14H16BrFO2/c1-3-4-5-6-11-7-8-12(14(16)13(11)15)18-10-9-17-2/h7-8H,3-4,9-10H2,1-2H3. The molecule has 18 heavy (non-hydrogen) atoms. The molecule has 1 rings (SSSR count). The lowest BCUT2D eigenvalue weighted by molar-refractivity contribution is 0.143. The second-order valence-corrected chi connectivity index (χ2v) is 4.43. The largest absolute Gasteiger partial charge is 0.488 e. The molecule has 2 nitrogen and oxygen atoms in total. The van der Waals surface area contributed by atoms with Crippen LogP contribution in [0, 0.1) is 17.7 Å². The predicted octanol–water partition coefficient (Wildman–Crippen LogP) is 3.77. The summed E-state index contributed by atoms with van der Waals surface area (Å²) in [7, 11) is 1.57. The van der Waals surface area contributed by atoms with Crippen LogP contribution in [0.25, 0.3) is 0 Å². The van der Waals surface area contributed by atoms with Gasteiger partial charge in [0.1, 0.15) is 6.61 Å². The van der Waals surface area contributed by atoms with Gasteiger partial charge in [0.05, 0.1) is 11.1 Å². The number of benzene rings is 1. The topological polar surface area (TPSA) is 18.5 Å². The van der Waals surface area contributed by atoms with Gasteiger partial charge in [0, 0.05) is 19.1 Å². The SMILES string of the molecule is CCCC#Cc1ccc(OCCOC)c(F)c1Br. The molecular weight excluding hydrogens is 299 g/mol. The van der Waals surface area contributed by atoms with Crippen molar-refractivity contribution in [3.8, 4) is 17.6 Å². The molecule has 0 saturated heterocycles. The predicted molar refractivity (Wildman–Crippen MR) is 73.3 cm³/mol. The van der Waals surface area contributed by atoms with Crippen molar-refractivity contribution in [1.29, 1.82) is 0 Å². The van der Waals surface area contributed by atoms with Gasteiger partial charge in [-0.1, -0.05) is 18.8 Å². The van der Waals surface area contributed by atoms with E-state index >= 15 is 0 Å². The van der Waals surface area contributed by atoms with E-state index in [4.69, 9.17) is 9.47 Å². The minimum Gasteiger partial charge on any atom is -0.488 e. The van der Waals surface area contributed by atoms with Gasteiger partial charge in [0.15, 0.2) is 11.6 Å². The van der Waals surface area contributed by atoms with Crippen LogP contribution < -0.4 is 4.74 Å². The lowest BCUT2D eigenvalue weighted by Crippen LogP contribution is -2.05. The first-order valence-corrected chi connectivity index (χ1v) is 6.58. The van der Waals surface area contributed by atoms with E-state index in [9.17, 15) is 4.39 Å². The van der Waals surface area contributed by atoms with E-state index in [0.29, 0.717) is 23.2 Å². The minimum atomic E-state index is -0.422. The molecular formula is C14H16BrFO2. The van der Waals surface area contributed by atoms with E-state index in [-0.39, 0.29) is 5.75 Å². The van der Waals surface area contributed by atoms with Crippen molar-refractivity contribution in [2.45, 2.75) is 19.8 Å². The molecule has 0 N–H and O–H groups in total. The van der Waals surface area contributed by atoms with Gasteiger partial charge in [-0.15, -0.1) is 0 Å². The molecule has 0 aliphatic heterocycles. The summed E-state index contributed by atoms with van der Waals surface area (Å²) < 4.78 is 24.4. The summed E-state index contributed by atoms with van der Waals surface area (Å²) >= 11 is 3.20. The summed E-state index contributed by atoms with van der Waals surface area (Å²) in [6.45, 7) is 2.80. The van der Waals surface area contributed by atoms with Crippen LogP contribution in [-0.4, -0.2) is 20.3 Å². The maximum absolute atomic E-state index is 13.9. The van der Waals surface area contributed by atoms with Gasteiger partial charge in [-0.25, -0.2) is 4.39 Å². The zero-order valence-electron chi connectivity index (χ0n) is 10.6. The molecule has 1 aromatic carbocycles. The highest BCUT2D eigenvalue weighted by Gasteiger charge is 2.11. The fourth-order valence-electron chi connectivity index (χ4n) is 1.26. The molecule has 0 heterocycles. The van der Waals surface area contributed by atoms with Crippen molar-refractivity contribution in [2.75, 3.05) is 20.3 Å². The van der Waals surface area contributed by atoms with Crippen molar-refractivity contribution < 1.29 is 13.9 Å². The summed E-state index contributed by atoms with van der Waals surface area (Å²) in [6, 6.07) is 3.34. The normalized spacial score (nSPS) is 9.78. The molecule has 0 saturated carbocycles. The average molecular weight is 315 g/mol. The monoisotopic (exact) mass is 314 g/mol. The summed E-state index contributed by atoms with van der Waals surface area (Å²) in [5, 5.41) is 0. The first-order valence-electron chi connectivity index (χ1n) is 5.79. The van der Waals surface area contributed by atoms with Gasteiger partial charge < -0.3 is 9.47 Å². The van der Waals surface area contributed by atoms with Crippen LogP contribution in [0.2, 0.25) is 0 Å². The molecule has 0 aliphatic rings. The quantitative estimate of drug-likeness (QED) is 0.608. The molecule has 98 valence electrons. The average Bonchev–Trinajstić information content (AvgIpc) is 2.37. The number of unbranched alkanes of at least 4 members (excludes halogenated alkanes) is 1. The van der Waals surface area contributed by atoms with Crippen LogP contribution in [0.3, 0.4) is 0 Å². The van der Waals surface area contributed by atoms with Gasteiger partial charge in [-0.2, -0.15) is 0 Å². The molecule has 1 aromatic rings. The number of halogens is 2. The highest BCUT2D eigenvalue weighted by Crippen LogP contribution is 2.28. The maximum atomic E-state index is 13.9. The van der Waals surface area contributed by atoms with Gasteiger partial charge in [-0.3, -0.25) is 0 Å². The van der Waals surface area contributed by atoms with Crippen LogP contribution in [0.1, 0.15) is 25.3 Å². The van der Waals surface area contributed by atoms with E-state index < -0.39 is 5.82 Å². The number of hydrogen-bond donors (Lipinski definition) is 0. The van der Waals surface area contributed by atoms with E-state index in [0.717, 1.165) is 12.8 Å². The first kappa shape index (κ1) is 15.0. The third-order valence-corrected chi connectivity index (χ3v) is 2.97. The molecule has 4 heteroatoms. The fraction of sp³-hybridized carbons (Fsp3) is 0.429.